The fourth-order valence-corrected chi connectivity index (χ4v) is 2.79. The lowest BCUT2D eigenvalue weighted by molar-refractivity contribution is 0.138. The average Bonchev–Trinajstić information content (AvgIpc) is 2.73. The highest BCUT2D eigenvalue weighted by atomic mass is 16.5. The normalized spacial score (nSPS) is 18.2. The van der Waals surface area contributed by atoms with Crippen LogP contribution >= 0.6 is 0 Å². The van der Waals surface area contributed by atoms with Gasteiger partial charge in [0.1, 0.15) is 17.6 Å². The zero-order valence-electron chi connectivity index (χ0n) is 13.2. The van der Waals surface area contributed by atoms with Gasteiger partial charge in [0, 0.05) is 31.4 Å². The Kier molecular flexibility index (Phi) is 4.59. The van der Waals surface area contributed by atoms with Crippen LogP contribution in [-0.4, -0.2) is 29.6 Å². The monoisotopic (exact) mass is 298 g/mol. The van der Waals surface area contributed by atoms with E-state index >= 15 is 0 Å². The second-order valence-electron chi connectivity index (χ2n) is 5.61. The molecule has 1 aromatic carbocycles. The van der Waals surface area contributed by atoms with E-state index in [0.717, 1.165) is 43.2 Å². The second-order valence-corrected chi connectivity index (χ2v) is 5.61. The zero-order valence-corrected chi connectivity index (χ0v) is 13.2. The molecule has 1 aliphatic rings. The summed E-state index contributed by atoms with van der Waals surface area (Å²) in [6, 6.07) is 12.1. The first-order chi connectivity index (χ1) is 10.8. The molecule has 22 heavy (non-hydrogen) atoms. The first-order valence-corrected chi connectivity index (χ1v) is 7.74. The maximum atomic E-state index is 6.16. The first kappa shape index (κ1) is 14.9. The third-order valence-corrected chi connectivity index (χ3v) is 3.98. The second kappa shape index (κ2) is 6.79. The summed E-state index contributed by atoms with van der Waals surface area (Å²) in [5.74, 6) is 1.84. The molecule has 1 aromatic heterocycles. The van der Waals surface area contributed by atoms with E-state index < -0.39 is 0 Å². The number of benzene rings is 1. The van der Waals surface area contributed by atoms with Gasteiger partial charge >= 0.3 is 0 Å². The number of nitrogens with zero attached hydrogens (tertiary/aromatic N) is 2. The molecule has 0 radical (unpaired) electrons. The van der Waals surface area contributed by atoms with Crippen LogP contribution in [0.5, 0.6) is 11.5 Å². The van der Waals surface area contributed by atoms with Gasteiger partial charge in [-0.25, -0.2) is 0 Å². The van der Waals surface area contributed by atoms with E-state index in [1.54, 1.807) is 7.11 Å². The van der Waals surface area contributed by atoms with Gasteiger partial charge in [-0.2, -0.15) is 0 Å². The van der Waals surface area contributed by atoms with Gasteiger partial charge in [-0.3, -0.25) is 9.88 Å². The van der Waals surface area contributed by atoms with Crippen LogP contribution in [0.1, 0.15) is 24.6 Å². The van der Waals surface area contributed by atoms with E-state index in [2.05, 4.69) is 28.9 Å². The molecule has 0 unspecified atom stereocenters. The predicted molar refractivity (Wildman–Crippen MR) is 86.1 cm³/mol. The fraction of sp³-hybridized carbons (Fsp3) is 0.389. The molecule has 0 N–H and O–H groups in total. The van der Waals surface area contributed by atoms with E-state index in [4.69, 9.17) is 9.47 Å². The van der Waals surface area contributed by atoms with E-state index in [1.807, 2.05) is 30.5 Å². The Bertz CT molecular complexity index is 616. The number of fused-ring (bicyclic) bond motifs is 1. The number of hydrogen-bond acceptors (Lipinski definition) is 4. The van der Waals surface area contributed by atoms with Crippen molar-refractivity contribution in [2.24, 2.45) is 0 Å². The van der Waals surface area contributed by atoms with Gasteiger partial charge in [-0.05, 0) is 36.8 Å². The molecule has 0 saturated carbocycles. The van der Waals surface area contributed by atoms with Crippen LogP contribution in [0.25, 0.3) is 0 Å². The molecule has 116 valence electrons. The van der Waals surface area contributed by atoms with Crippen LogP contribution in [0.15, 0.2) is 42.6 Å². The summed E-state index contributed by atoms with van der Waals surface area (Å²) in [6.45, 7) is 4.75. The van der Waals surface area contributed by atoms with E-state index in [-0.39, 0.29) is 6.10 Å². The molecule has 0 aliphatic carbocycles. The summed E-state index contributed by atoms with van der Waals surface area (Å²) in [5.41, 5.74) is 2.26. The topological polar surface area (TPSA) is 34.6 Å². The Morgan fingerprint density at radius 3 is 2.95 bits per heavy atom. The zero-order chi connectivity index (χ0) is 15.4. The van der Waals surface area contributed by atoms with Crippen LogP contribution in [0.4, 0.5) is 0 Å². The third-order valence-electron chi connectivity index (χ3n) is 3.98. The van der Waals surface area contributed by atoms with Crippen LogP contribution in [-0.2, 0) is 13.1 Å². The highest BCUT2D eigenvalue weighted by molar-refractivity contribution is 5.41. The quantitative estimate of drug-likeness (QED) is 0.868. The number of rotatable bonds is 4. The number of methoxy groups -OCH3 is 1. The standard InChI is InChI=1S/C18H22N2O2/c1-3-16-13-20(12-15-6-4-5-9-19-15)11-14-10-17(21-2)7-8-18(14)22-16/h4-10,16H,3,11-13H2,1-2H3/t16-/m0/s1. The highest BCUT2D eigenvalue weighted by Crippen LogP contribution is 2.30. The first-order valence-electron chi connectivity index (χ1n) is 7.74. The van der Waals surface area contributed by atoms with Crippen molar-refractivity contribution in [3.8, 4) is 11.5 Å². The van der Waals surface area contributed by atoms with Crippen molar-refractivity contribution in [1.82, 2.24) is 9.88 Å². The van der Waals surface area contributed by atoms with Gasteiger partial charge in [-0.1, -0.05) is 13.0 Å². The van der Waals surface area contributed by atoms with Crippen LogP contribution in [0.3, 0.4) is 0 Å². The summed E-state index contributed by atoms with van der Waals surface area (Å²) in [5, 5.41) is 0. The van der Waals surface area contributed by atoms with Crippen LogP contribution in [0.2, 0.25) is 0 Å². The van der Waals surface area contributed by atoms with Crippen LogP contribution < -0.4 is 9.47 Å². The lowest BCUT2D eigenvalue weighted by Gasteiger charge is -2.22. The third kappa shape index (κ3) is 3.39. The average molecular weight is 298 g/mol. The van der Waals surface area contributed by atoms with Crippen molar-refractivity contribution in [1.29, 1.82) is 0 Å². The van der Waals surface area contributed by atoms with Gasteiger partial charge in [0.15, 0.2) is 0 Å². The molecule has 0 spiro atoms. The van der Waals surface area contributed by atoms with Gasteiger partial charge in [0.05, 0.1) is 12.8 Å². The van der Waals surface area contributed by atoms with Crippen molar-refractivity contribution in [2.75, 3.05) is 13.7 Å². The van der Waals surface area contributed by atoms with Crippen LogP contribution in [0, 0.1) is 0 Å². The van der Waals surface area contributed by atoms with Gasteiger partial charge in [0.2, 0.25) is 0 Å². The molecular formula is C18H22N2O2. The van der Waals surface area contributed by atoms with Crippen molar-refractivity contribution < 1.29 is 9.47 Å². The summed E-state index contributed by atoms with van der Waals surface area (Å²) < 4.78 is 11.5. The summed E-state index contributed by atoms with van der Waals surface area (Å²) in [4.78, 5) is 6.83. The molecule has 3 rings (SSSR count). The number of aromatic nitrogens is 1. The SMILES string of the molecule is CC[C@H]1CN(Cc2ccccn2)Cc2cc(OC)ccc2O1. The maximum Gasteiger partial charge on any atom is 0.124 e. The summed E-state index contributed by atoms with van der Waals surface area (Å²) >= 11 is 0. The molecular weight excluding hydrogens is 276 g/mol. The lowest BCUT2D eigenvalue weighted by Crippen LogP contribution is -2.32. The number of pyridine rings is 1. The van der Waals surface area contributed by atoms with Crippen molar-refractivity contribution in [3.05, 3.63) is 53.9 Å². The molecule has 2 aromatic rings. The van der Waals surface area contributed by atoms with Gasteiger partial charge in [-0.15, -0.1) is 0 Å². The molecule has 4 heteroatoms. The van der Waals surface area contributed by atoms with Gasteiger partial charge in [0.25, 0.3) is 0 Å². The highest BCUT2D eigenvalue weighted by Gasteiger charge is 2.22. The summed E-state index contributed by atoms with van der Waals surface area (Å²) in [6.07, 6.45) is 3.04. The Balaban J connectivity index is 1.84. The molecule has 1 atom stereocenters. The van der Waals surface area contributed by atoms with E-state index in [9.17, 15) is 0 Å². The molecule has 0 saturated heterocycles. The Morgan fingerprint density at radius 2 is 2.23 bits per heavy atom. The maximum absolute atomic E-state index is 6.16. The van der Waals surface area contributed by atoms with Crippen molar-refractivity contribution in [3.63, 3.8) is 0 Å². The Labute approximate surface area is 131 Å². The molecule has 2 heterocycles. The molecule has 0 amide bonds. The number of hydrogen-bond donors (Lipinski definition) is 0. The van der Waals surface area contributed by atoms with Crippen molar-refractivity contribution in [2.45, 2.75) is 32.5 Å². The van der Waals surface area contributed by atoms with Gasteiger partial charge < -0.3 is 9.47 Å². The smallest absolute Gasteiger partial charge is 0.124 e. The molecule has 4 nitrogen and oxygen atoms in total. The minimum Gasteiger partial charge on any atom is -0.497 e. The minimum absolute atomic E-state index is 0.207. The lowest BCUT2D eigenvalue weighted by atomic mass is 10.1. The minimum atomic E-state index is 0.207. The predicted octanol–water partition coefficient (Wildman–Crippen LogP) is 3.26. The van der Waals surface area contributed by atoms with E-state index in [0.29, 0.717) is 0 Å². The van der Waals surface area contributed by atoms with Crippen molar-refractivity contribution >= 4 is 0 Å². The number of ether oxygens (including phenoxy) is 2. The largest absolute Gasteiger partial charge is 0.497 e. The van der Waals surface area contributed by atoms with E-state index in [1.165, 1.54) is 5.56 Å². The molecule has 1 aliphatic heterocycles. The Morgan fingerprint density at radius 1 is 1.32 bits per heavy atom. The molecule has 0 fully saturated rings. The Hall–Kier alpha value is -2.07. The summed E-state index contributed by atoms with van der Waals surface area (Å²) in [7, 11) is 1.69. The fourth-order valence-electron chi connectivity index (χ4n) is 2.79. The molecule has 0 bridgehead atoms.